The van der Waals surface area contributed by atoms with Crippen LogP contribution in [0.3, 0.4) is 0 Å². The molecule has 0 bridgehead atoms. The minimum Gasteiger partial charge on any atom is -0.302 e. The zero-order valence-electron chi connectivity index (χ0n) is 13.9. The number of benzene rings is 2. The Morgan fingerprint density at radius 3 is 2.37 bits per heavy atom. The summed E-state index contributed by atoms with van der Waals surface area (Å²) in [7, 11) is 0. The van der Waals surface area contributed by atoms with Crippen LogP contribution in [0.5, 0.6) is 0 Å². The van der Waals surface area contributed by atoms with E-state index < -0.39 is 9.85 Å². The number of halogens is 1. The maximum atomic E-state index is 11.3. The van der Waals surface area contributed by atoms with E-state index >= 15 is 0 Å². The van der Waals surface area contributed by atoms with Crippen LogP contribution in [0.25, 0.3) is 11.4 Å². The summed E-state index contributed by atoms with van der Waals surface area (Å²) >= 11 is 6.94. The fourth-order valence-corrected chi connectivity index (χ4v) is 3.51. The van der Waals surface area contributed by atoms with Gasteiger partial charge in [-0.3, -0.25) is 20.2 Å². The Labute approximate surface area is 162 Å². The van der Waals surface area contributed by atoms with E-state index in [9.17, 15) is 20.2 Å². The summed E-state index contributed by atoms with van der Waals surface area (Å²) in [6.07, 6.45) is 0. The highest BCUT2D eigenvalue weighted by molar-refractivity contribution is 7.99. The van der Waals surface area contributed by atoms with E-state index in [1.54, 1.807) is 28.8 Å². The van der Waals surface area contributed by atoms with Gasteiger partial charge in [-0.2, -0.15) is 0 Å². The van der Waals surface area contributed by atoms with Crippen molar-refractivity contribution in [1.29, 1.82) is 0 Å². The number of nitrogens with zero attached hydrogens (tertiary/aromatic N) is 5. The number of nitro groups is 2. The van der Waals surface area contributed by atoms with Crippen LogP contribution in [0.1, 0.15) is 6.92 Å². The molecule has 0 N–H and O–H groups in total. The molecule has 138 valence electrons. The van der Waals surface area contributed by atoms with Crippen molar-refractivity contribution in [3.63, 3.8) is 0 Å². The average molecular weight is 406 g/mol. The number of hydrogen-bond donors (Lipinski definition) is 0. The molecule has 0 spiro atoms. The average Bonchev–Trinajstić information content (AvgIpc) is 3.04. The number of rotatable bonds is 6. The summed E-state index contributed by atoms with van der Waals surface area (Å²) in [4.78, 5) is 21.1. The van der Waals surface area contributed by atoms with Crippen molar-refractivity contribution in [1.82, 2.24) is 14.8 Å². The predicted octanol–water partition coefficient (Wildman–Crippen LogP) is 4.59. The lowest BCUT2D eigenvalue weighted by Gasteiger charge is -2.07. The first-order valence-electron chi connectivity index (χ1n) is 7.70. The van der Waals surface area contributed by atoms with E-state index in [2.05, 4.69) is 10.2 Å². The number of nitro benzene ring substituents is 2. The molecule has 0 saturated carbocycles. The first-order valence-corrected chi connectivity index (χ1v) is 8.90. The van der Waals surface area contributed by atoms with Crippen LogP contribution >= 0.6 is 23.4 Å². The molecule has 0 aliphatic heterocycles. The highest BCUT2D eigenvalue weighted by atomic mass is 35.5. The van der Waals surface area contributed by atoms with Crippen molar-refractivity contribution < 1.29 is 9.85 Å². The van der Waals surface area contributed by atoms with Crippen molar-refractivity contribution >= 4 is 34.7 Å². The molecular weight excluding hydrogens is 394 g/mol. The van der Waals surface area contributed by atoms with Crippen molar-refractivity contribution in [2.24, 2.45) is 0 Å². The van der Waals surface area contributed by atoms with E-state index in [1.165, 1.54) is 12.1 Å². The van der Waals surface area contributed by atoms with Crippen molar-refractivity contribution in [2.45, 2.75) is 23.5 Å². The largest absolute Gasteiger partial charge is 0.302 e. The molecule has 1 heterocycles. The predicted molar refractivity (Wildman–Crippen MR) is 100 cm³/mol. The molecular formula is C16H12ClN5O4S. The molecule has 3 aromatic rings. The molecule has 0 aliphatic rings. The van der Waals surface area contributed by atoms with Crippen LogP contribution in [0.15, 0.2) is 52.5 Å². The second-order valence-electron chi connectivity index (χ2n) is 5.33. The van der Waals surface area contributed by atoms with Crippen LogP contribution in [-0.4, -0.2) is 24.6 Å². The molecule has 2 aromatic carbocycles. The van der Waals surface area contributed by atoms with Crippen LogP contribution in [0, 0.1) is 20.2 Å². The molecule has 0 atom stereocenters. The minimum atomic E-state index is -0.672. The molecule has 0 amide bonds. The Hall–Kier alpha value is -2.98. The van der Waals surface area contributed by atoms with E-state index in [-0.39, 0.29) is 16.3 Å². The molecule has 0 radical (unpaired) electrons. The number of hydrogen-bond acceptors (Lipinski definition) is 7. The van der Waals surface area contributed by atoms with Crippen molar-refractivity contribution in [2.75, 3.05) is 0 Å². The summed E-state index contributed by atoms with van der Waals surface area (Å²) in [6.45, 7) is 2.44. The molecule has 0 aliphatic carbocycles. The summed E-state index contributed by atoms with van der Waals surface area (Å²) in [5.41, 5.74) is 0.108. The zero-order chi connectivity index (χ0) is 19.6. The number of aromatic nitrogens is 3. The lowest BCUT2D eigenvalue weighted by atomic mass is 10.2. The van der Waals surface area contributed by atoms with Gasteiger partial charge in [0.25, 0.3) is 11.4 Å². The maximum absolute atomic E-state index is 11.3. The molecule has 1 aromatic heterocycles. The third-order valence-corrected chi connectivity index (χ3v) is 4.99. The van der Waals surface area contributed by atoms with Gasteiger partial charge < -0.3 is 4.57 Å². The van der Waals surface area contributed by atoms with Crippen LogP contribution < -0.4 is 0 Å². The van der Waals surface area contributed by atoms with Gasteiger partial charge in [0.05, 0.1) is 20.8 Å². The Balaban J connectivity index is 2.00. The first-order chi connectivity index (χ1) is 12.9. The Kier molecular flexibility index (Phi) is 5.38. The monoisotopic (exact) mass is 405 g/mol. The molecule has 0 unspecified atom stereocenters. The number of non-ortho nitro benzene ring substituents is 1. The summed E-state index contributed by atoms with van der Waals surface area (Å²) in [6, 6.07) is 10.6. The maximum Gasteiger partial charge on any atom is 0.290 e. The van der Waals surface area contributed by atoms with Crippen LogP contribution in [-0.2, 0) is 6.54 Å². The van der Waals surface area contributed by atoms with E-state index in [1.807, 2.05) is 6.92 Å². The summed E-state index contributed by atoms with van der Waals surface area (Å²) in [5, 5.41) is 31.5. The van der Waals surface area contributed by atoms with E-state index in [0.29, 0.717) is 22.5 Å². The molecule has 27 heavy (non-hydrogen) atoms. The third-order valence-electron chi connectivity index (χ3n) is 3.69. The topological polar surface area (TPSA) is 117 Å². The SMILES string of the molecule is CCn1c(Sc2ccc([N+](=O)[O-])cc2[N+](=O)[O-])nnc1-c1ccc(Cl)cc1. The zero-order valence-corrected chi connectivity index (χ0v) is 15.5. The normalized spacial score (nSPS) is 10.7. The quantitative estimate of drug-likeness (QED) is 0.434. The van der Waals surface area contributed by atoms with Crippen LogP contribution in [0.4, 0.5) is 11.4 Å². The molecule has 9 nitrogen and oxygen atoms in total. The lowest BCUT2D eigenvalue weighted by molar-refractivity contribution is -0.396. The standard InChI is InChI=1S/C16H12ClN5O4S/c1-2-20-15(10-3-5-11(17)6-4-10)18-19-16(20)27-14-8-7-12(21(23)24)9-13(14)22(25)26/h3-9H,2H2,1H3. The lowest BCUT2D eigenvalue weighted by Crippen LogP contribution is -2.00. The van der Waals surface area contributed by atoms with Gasteiger partial charge in [0.2, 0.25) is 0 Å². The Bertz CT molecular complexity index is 1020. The van der Waals surface area contributed by atoms with Gasteiger partial charge in [0.15, 0.2) is 11.0 Å². The molecule has 0 saturated heterocycles. The van der Waals surface area contributed by atoms with E-state index in [4.69, 9.17) is 11.6 Å². The summed E-state index contributed by atoms with van der Waals surface area (Å²) < 4.78 is 1.80. The Morgan fingerprint density at radius 2 is 1.78 bits per heavy atom. The first kappa shape index (κ1) is 18.8. The highest BCUT2D eigenvalue weighted by Crippen LogP contribution is 2.37. The second kappa shape index (κ2) is 7.72. The van der Waals surface area contributed by atoms with Gasteiger partial charge in [-0.25, -0.2) is 0 Å². The van der Waals surface area contributed by atoms with Crippen molar-refractivity contribution in [3.05, 3.63) is 67.7 Å². The smallest absolute Gasteiger partial charge is 0.290 e. The van der Waals surface area contributed by atoms with Gasteiger partial charge in [-0.15, -0.1) is 10.2 Å². The van der Waals surface area contributed by atoms with E-state index in [0.717, 1.165) is 23.4 Å². The van der Waals surface area contributed by atoms with Gasteiger partial charge in [0, 0.05) is 23.2 Å². The molecule has 3 rings (SSSR count). The third kappa shape index (κ3) is 3.91. The minimum absolute atomic E-state index is 0.246. The van der Waals surface area contributed by atoms with Crippen molar-refractivity contribution in [3.8, 4) is 11.4 Å². The van der Waals surface area contributed by atoms with Gasteiger partial charge >= 0.3 is 0 Å². The molecule has 11 heteroatoms. The highest BCUT2D eigenvalue weighted by Gasteiger charge is 2.23. The van der Waals surface area contributed by atoms with Crippen LogP contribution in [0.2, 0.25) is 5.02 Å². The summed E-state index contributed by atoms with van der Waals surface area (Å²) in [5.74, 6) is 0.598. The second-order valence-corrected chi connectivity index (χ2v) is 6.77. The van der Waals surface area contributed by atoms with Gasteiger partial charge in [-0.05, 0) is 49.0 Å². The van der Waals surface area contributed by atoms with Gasteiger partial charge in [-0.1, -0.05) is 11.6 Å². The van der Waals surface area contributed by atoms with Gasteiger partial charge in [0.1, 0.15) is 0 Å². The fourth-order valence-electron chi connectivity index (χ4n) is 2.41. The Morgan fingerprint density at radius 1 is 1.07 bits per heavy atom. The molecule has 0 fully saturated rings. The fraction of sp³-hybridized carbons (Fsp3) is 0.125.